The topological polar surface area (TPSA) is 386 Å². The number of unbranched alkanes of at least 4 members (excludes halogenated alkanes) is 1. The number of aromatic nitrogens is 1. The Morgan fingerprint density at radius 2 is 1.05 bits per heavy atom. The summed E-state index contributed by atoms with van der Waals surface area (Å²) >= 11 is 0. The molecule has 3 heterocycles. The number of carbonyl (C=O) groups excluding carboxylic acids is 8. The minimum Gasteiger partial charge on any atom is -0.494 e. The molecule has 30 nitrogen and oxygen atoms in total. The number of carboxylic acid groups (broad SMARTS) is 1. The lowest BCUT2D eigenvalue weighted by Gasteiger charge is -2.34. The second-order valence-corrected chi connectivity index (χ2v) is 32.2. The van der Waals surface area contributed by atoms with Crippen LogP contribution < -0.4 is 30.3 Å². The van der Waals surface area contributed by atoms with Gasteiger partial charge in [-0.1, -0.05) is 6.07 Å². The lowest BCUT2D eigenvalue weighted by Crippen LogP contribution is -2.52. The van der Waals surface area contributed by atoms with Crippen LogP contribution in [-0.2, 0) is 90.3 Å². The standard InChI is InChI=1S/C67H108N10O20S2/c1-46-38-50(39-47(2)60(46)99(91,92)72-51(62(85)86)40-69-55(80)23-16-15-21-49-26-25-48-20-18-28-77(61(48)70-49)63(87)97-67(12,13)14)93-37-19-24-54(79)68-27-17-22-53(78)52(45-98(88,89)90)71-56(81)41-73-29-31-74(42-57(82)94-64(3,4)5)33-35-76(44-59(84)96-66(9,10)11)36-34-75(32-30-73)43-58(83)95-65(6,7)8/h25-26,38-39,51-52,72H,15-24,27-37,40-45H2,1-14H3,(H,68,79)(H,69,80)(H,71,81)(H,85,86)(H,88,89,90)/t51-,52-/m0/s1. The predicted octanol–water partition coefficient (Wildman–Crippen LogP) is 3.89. The van der Waals surface area contributed by atoms with Gasteiger partial charge < -0.3 is 44.7 Å². The first-order valence-corrected chi connectivity index (χ1v) is 36.8. The number of nitrogens with zero attached hydrogens (tertiary/aromatic N) is 6. The van der Waals surface area contributed by atoms with E-state index in [9.17, 15) is 69.6 Å². The van der Waals surface area contributed by atoms with E-state index in [0.29, 0.717) is 44.7 Å². The Kier molecular flexibility index (Phi) is 32.6. The Bertz CT molecular complexity index is 3270. The summed E-state index contributed by atoms with van der Waals surface area (Å²) in [5.41, 5.74) is -0.853. The first-order chi connectivity index (χ1) is 45.8. The maximum Gasteiger partial charge on any atom is 0.416 e. The fraction of sp³-hybridized carbons (Fsp3) is 0.701. The van der Waals surface area contributed by atoms with Gasteiger partial charge in [-0.15, -0.1) is 0 Å². The number of anilines is 1. The van der Waals surface area contributed by atoms with Crippen molar-refractivity contribution in [2.45, 2.75) is 201 Å². The van der Waals surface area contributed by atoms with Crippen LogP contribution in [0.1, 0.15) is 157 Å². The number of sulfonamides is 1. The molecule has 2 aliphatic rings. The van der Waals surface area contributed by atoms with Crippen molar-refractivity contribution in [1.82, 2.24) is 45.3 Å². The summed E-state index contributed by atoms with van der Waals surface area (Å²) in [4.78, 5) is 131. The molecule has 558 valence electrons. The van der Waals surface area contributed by atoms with E-state index in [1.807, 2.05) is 26.8 Å². The Morgan fingerprint density at radius 1 is 0.576 bits per heavy atom. The van der Waals surface area contributed by atoms with E-state index in [-0.39, 0.29) is 132 Å². The van der Waals surface area contributed by atoms with Gasteiger partial charge in [0, 0.05) is 96.9 Å². The normalized spacial score (nSPS) is 16.0. The van der Waals surface area contributed by atoms with E-state index < -0.39 is 120 Å². The number of rotatable bonds is 32. The number of pyridine rings is 1. The second-order valence-electron chi connectivity index (χ2n) is 29.0. The van der Waals surface area contributed by atoms with Crippen molar-refractivity contribution in [3.8, 4) is 5.75 Å². The van der Waals surface area contributed by atoms with Crippen LogP contribution in [0.25, 0.3) is 0 Å². The number of ketones is 1. The van der Waals surface area contributed by atoms with Crippen LogP contribution in [0.15, 0.2) is 29.2 Å². The van der Waals surface area contributed by atoms with Crippen molar-refractivity contribution in [2.24, 2.45) is 0 Å². The van der Waals surface area contributed by atoms with Crippen LogP contribution in [-0.4, -0.2) is 250 Å². The monoisotopic (exact) mass is 1440 g/mol. The molecule has 4 amide bonds. The van der Waals surface area contributed by atoms with Crippen molar-refractivity contribution in [1.29, 1.82) is 0 Å². The van der Waals surface area contributed by atoms with E-state index in [4.69, 9.17) is 28.7 Å². The number of nitrogens with one attached hydrogen (secondary N) is 4. The molecule has 0 spiro atoms. The molecule has 0 bridgehead atoms. The summed E-state index contributed by atoms with van der Waals surface area (Å²) in [5.74, 6) is -5.66. The van der Waals surface area contributed by atoms with Crippen LogP contribution in [0.4, 0.5) is 10.6 Å². The van der Waals surface area contributed by atoms with Crippen LogP contribution in [0.5, 0.6) is 5.75 Å². The Hall–Kier alpha value is -6.94. The van der Waals surface area contributed by atoms with Crippen molar-refractivity contribution in [3.05, 3.63) is 46.6 Å². The Balaban J connectivity index is 1.28. The molecule has 2 aliphatic heterocycles. The molecule has 0 saturated carbocycles. The lowest BCUT2D eigenvalue weighted by atomic mass is 10.0. The van der Waals surface area contributed by atoms with Gasteiger partial charge in [-0.2, -0.15) is 13.1 Å². The zero-order chi connectivity index (χ0) is 74.3. The summed E-state index contributed by atoms with van der Waals surface area (Å²) in [5, 5.41) is 17.6. The van der Waals surface area contributed by atoms with Gasteiger partial charge in [-0.25, -0.2) is 18.2 Å². The quantitative estimate of drug-likeness (QED) is 0.0262. The fourth-order valence-electron chi connectivity index (χ4n) is 10.8. The molecule has 32 heteroatoms. The SMILES string of the molecule is Cc1cc(OCCCC(=O)NCCCC(=O)[C@H](CS(=O)(=O)O)NC(=O)CN2CCN(CC(=O)OC(C)(C)C)CCN(CC(=O)OC(C)(C)C)CCN(CC(=O)OC(C)(C)C)CC2)cc(C)c1S(=O)(=O)N[C@@H](CNC(=O)CCCCc1ccc2c(n1)N(C(=O)OC(C)(C)C)CCC2)C(=O)O. The summed E-state index contributed by atoms with van der Waals surface area (Å²) < 4.78 is 92.1. The molecule has 0 radical (unpaired) electrons. The molecule has 2 aromatic rings. The number of aliphatic carboxylic acids is 1. The van der Waals surface area contributed by atoms with Crippen molar-refractivity contribution < 1.29 is 93.3 Å². The van der Waals surface area contributed by atoms with E-state index >= 15 is 0 Å². The molecular weight excluding hydrogens is 1330 g/mol. The molecule has 6 N–H and O–H groups in total. The molecule has 1 aromatic heterocycles. The van der Waals surface area contributed by atoms with Crippen LogP contribution >= 0.6 is 0 Å². The number of aryl methyl sites for hydroxylation is 4. The highest BCUT2D eigenvalue weighted by Crippen LogP contribution is 2.29. The van der Waals surface area contributed by atoms with Crippen molar-refractivity contribution in [2.75, 3.05) is 115 Å². The summed E-state index contributed by atoms with van der Waals surface area (Å²) in [7, 11) is -9.27. The third-order valence-electron chi connectivity index (χ3n) is 15.1. The van der Waals surface area contributed by atoms with Gasteiger partial charge in [-0.05, 0) is 177 Å². The number of fused-ring (bicyclic) bond motifs is 1. The number of ether oxygens (including phenoxy) is 5. The van der Waals surface area contributed by atoms with E-state index in [2.05, 4.69) is 20.7 Å². The number of benzene rings is 1. The van der Waals surface area contributed by atoms with Crippen molar-refractivity contribution in [3.63, 3.8) is 0 Å². The number of esters is 3. The average molecular weight is 1440 g/mol. The summed E-state index contributed by atoms with van der Waals surface area (Å²) in [6.07, 6.45) is 2.51. The van der Waals surface area contributed by atoms with E-state index in [0.717, 1.165) is 24.1 Å². The fourth-order valence-corrected chi connectivity index (χ4v) is 13.1. The average Bonchev–Trinajstić information content (AvgIpc) is 0.802. The van der Waals surface area contributed by atoms with Crippen LogP contribution in [0.3, 0.4) is 0 Å². The number of carboxylic acids is 1. The van der Waals surface area contributed by atoms with Crippen LogP contribution in [0.2, 0.25) is 0 Å². The van der Waals surface area contributed by atoms with E-state index in [1.165, 1.54) is 26.0 Å². The highest BCUT2D eigenvalue weighted by atomic mass is 32.2. The maximum atomic E-state index is 13.8. The molecule has 4 rings (SSSR count). The molecule has 0 aliphatic carbocycles. The van der Waals surface area contributed by atoms with Crippen LogP contribution in [0, 0.1) is 13.8 Å². The number of Topliss-reactive ketones (excluding diaryl/α,β-unsaturated/α-hetero) is 1. The van der Waals surface area contributed by atoms with Gasteiger partial charge in [0.1, 0.15) is 51.8 Å². The van der Waals surface area contributed by atoms with Gasteiger partial charge in [0.2, 0.25) is 27.7 Å². The molecule has 1 saturated heterocycles. The summed E-state index contributed by atoms with van der Waals surface area (Å²) in [6.45, 7) is 25.2. The molecule has 1 fully saturated rings. The lowest BCUT2D eigenvalue weighted by molar-refractivity contribution is -0.158. The smallest absolute Gasteiger partial charge is 0.416 e. The minimum atomic E-state index is -4.81. The number of carbonyl (C=O) groups is 9. The molecule has 1 aromatic carbocycles. The van der Waals surface area contributed by atoms with E-state index in [1.54, 1.807) is 92.9 Å². The highest BCUT2D eigenvalue weighted by Gasteiger charge is 2.33. The zero-order valence-electron chi connectivity index (χ0n) is 60.3. The third-order valence-corrected chi connectivity index (χ3v) is 17.6. The van der Waals surface area contributed by atoms with Gasteiger partial charge >= 0.3 is 30.0 Å². The maximum absolute atomic E-state index is 13.8. The summed E-state index contributed by atoms with van der Waals surface area (Å²) in [6, 6.07) is 3.35. The molecular formula is C67H108N10O20S2. The first-order valence-electron chi connectivity index (χ1n) is 33.7. The zero-order valence-corrected chi connectivity index (χ0v) is 61.9. The number of hydrogen-bond donors (Lipinski definition) is 6. The van der Waals surface area contributed by atoms with Gasteiger partial charge in [0.15, 0.2) is 5.78 Å². The third kappa shape index (κ3) is 33.9. The largest absolute Gasteiger partial charge is 0.494 e. The van der Waals surface area contributed by atoms with Gasteiger partial charge in [0.25, 0.3) is 10.1 Å². The van der Waals surface area contributed by atoms with Gasteiger partial charge in [0.05, 0.1) is 37.7 Å². The Morgan fingerprint density at radius 3 is 1.53 bits per heavy atom. The minimum absolute atomic E-state index is 0.0168. The molecule has 2 atom stereocenters. The molecule has 0 unspecified atom stereocenters. The first kappa shape index (κ1) is 84.5. The highest BCUT2D eigenvalue weighted by molar-refractivity contribution is 7.89. The molecule has 99 heavy (non-hydrogen) atoms. The predicted molar refractivity (Wildman–Crippen MR) is 368 cm³/mol. The number of hydrogen-bond acceptors (Lipinski definition) is 23. The van der Waals surface area contributed by atoms with Crippen molar-refractivity contribution >= 4 is 79.4 Å². The number of amides is 4. The Labute approximate surface area is 583 Å². The second kappa shape index (κ2) is 38.2. The van der Waals surface area contributed by atoms with Gasteiger partial charge in [-0.3, -0.25) is 67.4 Å².